The van der Waals surface area contributed by atoms with Gasteiger partial charge in [-0.1, -0.05) is 17.7 Å². The second-order valence-corrected chi connectivity index (χ2v) is 5.79. The quantitative estimate of drug-likeness (QED) is 0.829. The monoisotopic (exact) mass is 279 g/mol. The van der Waals surface area contributed by atoms with Gasteiger partial charge in [0.25, 0.3) is 0 Å². The van der Waals surface area contributed by atoms with Gasteiger partial charge in [0.2, 0.25) is 0 Å². The Balaban J connectivity index is 1.61. The standard InChI is InChI=1S/C14H18ClN3O/c15-12-2-1-3-13(6-12)17-14(19)18-5-4-10-7-16-8-11(10)9-18/h1-3,6,10-11,16H,4-5,7-9H2,(H,17,19). The summed E-state index contributed by atoms with van der Waals surface area (Å²) in [5.41, 5.74) is 0.754. The van der Waals surface area contributed by atoms with Crippen molar-refractivity contribution >= 4 is 23.3 Å². The maximum Gasteiger partial charge on any atom is 0.321 e. The summed E-state index contributed by atoms with van der Waals surface area (Å²) >= 11 is 5.91. The molecular formula is C14H18ClN3O. The Kier molecular flexibility index (Phi) is 3.62. The molecule has 19 heavy (non-hydrogen) atoms. The number of hydrogen-bond acceptors (Lipinski definition) is 2. The molecule has 2 aliphatic rings. The van der Waals surface area contributed by atoms with Gasteiger partial charge in [0.05, 0.1) is 0 Å². The molecule has 0 aromatic heterocycles. The fourth-order valence-electron chi connectivity index (χ4n) is 2.99. The maximum atomic E-state index is 12.2. The zero-order valence-electron chi connectivity index (χ0n) is 10.7. The minimum atomic E-state index is -0.0207. The number of hydrogen-bond donors (Lipinski definition) is 2. The molecule has 4 nitrogen and oxygen atoms in total. The van der Waals surface area contributed by atoms with E-state index < -0.39 is 0 Å². The second kappa shape index (κ2) is 5.39. The second-order valence-electron chi connectivity index (χ2n) is 5.35. The van der Waals surface area contributed by atoms with Crippen molar-refractivity contribution < 1.29 is 4.79 Å². The zero-order valence-corrected chi connectivity index (χ0v) is 11.5. The van der Waals surface area contributed by atoms with E-state index in [1.165, 1.54) is 0 Å². The first kappa shape index (κ1) is 12.8. The minimum Gasteiger partial charge on any atom is -0.324 e. The van der Waals surface area contributed by atoms with Gasteiger partial charge in [-0.15, -0.1) is 0 Å². The van der Waals surface area contributed by atoms with Crippen LogP contribution in [0.1, 0.15) is 6.42 Å². The Morgan fingerprint density at radius 3 is 3.05 bits per heavy atom. The lowest BCUT2D eigenvalue weighted by molar-refractivity contribution is 0.161. The predicted octanol–water partition coefficient (Wildman–Crippen LogP) is 2.41. The molecule has 0 radical (unpaired) electrons. The molecule has 2 atom stereocenters. The SMILES string of the molecule is O=C(Nc1cccc(Cl)c1)N1CCC2CNCC2C1. The van der Waals surface area contributed by atoms with Gasteiger partial charge >= 0.3 is 6.03 Å². The molecule has 2 amide bonds. The van der Waals surface area contributed by atoms with Crippen molar-refractivity contribution in [3.8, 4) is 0 Å². The van der Waals surface area contributed by atoms with E-state index in [2.05, 4.69) is 10.6 Å². The van der Waals surface area contributed by atoms with E-state index in [4.69, 9.17) is 11.6 Å². The number of urea groups is 1. The summed E-state index contributed by atoms with van der Waals surface area (Å²) in [6.45, 7) is 3.83. The van der Waals surface area contributed by atoms with Gasteiger partial charge in [0.15, 0.2) is 0 Å². The lowest BCUT2D eigenvalue weighted by Crippen LogP contribution is -2.45. The average Bonchev–Trinajstić information content (AvgIpc) is 2.85. The van der Waals surface area contributed by atoms with Crippen LogP contribution in [0.15, 0.2) is 24.3 Å². The number of nitrogens with zero attached hydrogens (tertiary/aromatic N) is 1. The van der Waals surface area contributed by atoms with E-state index >= 15 is 0 Å². The molecule has 1 aromatic carbocycles. The fraction of sp³-hybridized carbons (Fsp3) is 0.500. The summed E-state index contributed by atoms with van der Waals surface area (Å²) in [7, 11) is 0. The van der Waals surface area contributed by atoms with Gasteiger partial charge < -0.3 is 15.5 Å². The van der Waals surface area contributed by atoms with E-state index in [1.807, 2.05) is 17.0 Å². The Labute approximate surface area is 118 Å². The van der Waals surface area contributed by atoms with Crippen LogP contribution in [-0.4, -0.2) is 37.1 Å². The first-order valence-corrected chi connectivity index (χ1v) is 7.12. The van der Waals surface area contributed by atoms with Crippen molar-refractivity contribution in [2.75, 3.05) is 31.5 Å². The molecule has 2 saturated heterocycles. The molecule has 2 fully saturated rings. The summed E-state index contributed by atoms with van der Waals surface area (Å²) in [4.78, 5) is 14.1. The third-order valence-corrected chi connectivity index (χ3v) is 4.30. The number of nitrogens with one attached hydrogen (secondary N) is 2. The van der Waals surface area contributed by atoms with Crippen molar-refractivity contribution in [2.24, 2.45) is 11.8 Å². The number of fused-ring (bicyclic) bond motifs is 1. The van der Waals surface area contributed by atoms with Crippen LogP contribution >= 0.6 is 11.6 Å². The summed E-state index contributed by atoms with van der Waals surface area (Å²) in [6, 6.07) is 7.24. The van der Waals surface area contributed by atoms with Crippen LogP contribution in [0.25, 0.3) is 0 Å². The van der Waals surface area contributed by atoms with Crippen molar-refractivity contribution in [1.29, 1.82) is 0 Å². The highest BCUT2D eigenvalue weighted by Gasteiger charge is 2.34. The van der Waals surface area contributed by atoms with Crippen molar-refractivity contribution in [3.05, 3.63) is 29.3 Å². The summed E-state index contributed by atoms with van der Waals surface area (Å²) < 4.78 is 0. The predicted molar refractivity (Wildman–Crippen MR) is 76.5 cm³/mol. The van der Waals surface area contributed by atoms with E-state index in [-0.39, 0.29) is 6.03 Å². The molecule has 2 heterocycles. The normalized spacial score (nSPS) is 26.1. The maximum absolute atomic E-state index is 12.2. The molecule has 0 saturated carbocycles. The van der Waals surface area contributed by atoms with E-state index in [1.54, 1.807) is 12.1 Å². The molecule has 3 rings (SSSR count). The largest absolute Gasteiger partial charge is 0.324 e. The third kappa shape index (κ3) is 2.85. The van der Waals surface area contributed by atoms with Crippen molar-refractivity contribution in [3.63, 3.8) is 0 Å². The molecule has 1 aromatic rings. The van der Waals surface area contributed by atoms with Crippen LogP contribution in [-0.2, 0) is 0 Å². The molecule has 2 unspecified atom stereocenters. The Hall–Kier alpha value is -1.26. The molecular weight excluding hydrogens is 262 g/mol. The molecule has 0 aliphatic carbocycles. The molecule has 5 heteroatoms. The van der Waals surface area contributed by atoms with Crippen LogP contribution < -0.4 is 10.6 Å². The number of carbonyl (C=O) groups is 1. The molecule has 102 valence electrons. The molecule has 2 N–H and O–H groups in total. The number of carbonyl (C=O) groups excluding carboxylic acids is 1. The number of piperidine rings is 1. The van der Waals surface area contributed by atoms with Crippen LogP contribution in [0.2, 0.25) is 5.02 Å². The van der Waals surface area contributed by atoms with E-state index in [0.717, 1.165) is 44.2 Å². The fourth-order valence-corrected chi connectivity index (χ4v) is 3.18. The first-order valence-electron chi connectivity index (χ1n) is 6.74. The van der Waals surface area contributed by atoms with Gasteiger partial charge in [-0.25, -0.2) is 4.79 Å². The van der Waals surface area contributed by atoms with Crippen LogP contribution in [0.4, 0.5) is 10.5 Å². The lowest BCUT2D eigenvalue weighted by atomic mass is 9.89. The molecule has 0 spiro atoms. The van der Waals surface area contributed by atoms with Gasteiger partial charge in [0.1, 0.15) is 0 Å². The molecule has 2 aliphatic heterocycles. The smallest absolute Gasteiger partial charge is 0.321 e. The van der Waals surface area contributed by atoms with Crippen molar-refractivity contribution in [2.45, 2.75) is 6.42 Å². The number of likely N-dealkylation sites (tertiary alicyclic amines) is 1. The Morgan fingerprint density at radius 1 is 1.37 bits per heavy atom. The van der Waals surface area contributed by atoms with Crippen LogP contribution in [0, 0.1) is 11.8 Å². The van der Waals surface area contributed by atoms with Crippen molar-refractivity contribution in [1.82, 2.24) is 10.2 Å². The summed E-state index contributed by atoms with van der Waals surface area (Å²) in [5.74, 6) is 1.36. The number of benzene rings is 1. The Morgan fingerprint density at radius 2 is 2.21 bits per heavy atom. The van der Waals surface area contributed by atoms with Crippen LogP contribution in [0.5, 0.6) is 0 Å². The van der Waals surface area contributed by atoms with E-state index in [0.29, 0.717) is 10.9 Å². The number of rotatable bonds is 1. The number of halogens is 1. The third-order valence-electron chi connectivity index (χ3n) is 4.07. The Bertz CT molecular complexity index is 480. The van der Waals surface area contributed by atoms with Crippen LogP contribution in [0.3, 0.4) is 0 Å². The van der Waals surface area contributed by atoms with Gasteiger partial charge in [-0.05, 0) is 49.5 Å². The summed E-state index contributed by atoms with van der Waals surface area (Å²) in [6.07, 6.45) is 1.10. The minimum absolute atomic E-state index is 0.0207. The van der Waals surface area contributed by atoms with Gasteiger partial charge in [0, 0.05) is 23.8 Å². The summed E-state index contributed by atoms with van der Waals surface area (Å²) in [5, 5.41) is 6.96. The van der Waals surface area contributed by atoms with Gasteiger partial charge in [-0.2, -0.15) is 0 Å². The highest BCUT2D eigenvalue weighted by atomic mass is 35.5. The van der Waals surface area contributed by atoms with Gasteiger partial charge in [-0.3, -0.25) is 0 Å². The number of amides is 2. The highest BCUT2D eigenvalue weighted by molar-refractivity contribution is 6.30. The molecule has 0 bridgehead atoms. The zero-order chi connectivity index (χ0) is 13.2. The number of anilines is 1. The first-order chi connectivity index (χ1) is 9.22. The highest BCUT2D eigenvalue weighted by Crippen LogP contribution is 2.27. The van der Waals surface area contributed by atoms with E-state index in [9.17, 15) is 4.79 Å². The lowest BCUT2D eigenvalue weighted by Gasteiger charge is -2.34. The topological polar surface area (TPSA) is 44.4 Å². The average molecular weight is 280 g/mol.